The third-order valence-corrected chi connectivity index (χ3v) is 3.60. The molecule has 0 saturated heterocycles. The number of pyridine rings is 1. The number of carbonyl (C=O) groups excluding carboxylic acids is 1. The van der Waals surface area contributed by atoms with Gasteiger partial charge in [-0.2, -0.15) is 0 Å². The quantitative estimate of drug-likeness (QED) is 0.674. The molecule has 7 heteroatoms. The van der Waals surface area contributed by atoms with Gasteiger partial charge in [0, 0.05) is 18.3 Å². The molecule has 0 bridgehead atoms. The van der Waals surface area contributed by atoms with Gasteiger partial charge in [-0.3, -0.25) is 4.98 Å². The lowest BCUT2D eigenvalue weighted by molar-refractivity contribution is 0.0133. The molecule has 2 unspecified atom stereocenters. The summed E-state index contributed by atoms with van der Waals surface area (Å²) in [4.78, 5) is 15.6. The van der Waals surface area contributed by atoms with Gasteiger partial charge in [0.15, 0.2) is 0 Å². The largest absolute Gasteiger partial charge is 0.495 e. The van der Waals surface area contributed by atoms with Crippen LogP contribution in [0, 0.1) is 0 Å². The van der Waals surface area contributed by atoms with Crippen LogP contribution in [-0.4, -0.2) is 41.0 Å². The Labute approximate surface area is 146 Å². The van der Waals surface area contributed by atoms with E-state index in [0.29, 0.717) is 11.3 Å². The highest BCUT2D eigenvalue weighted by Crippen LogP contribution is 2.21. The second kappa shape index (κ2) is 9.61. The van der Waals surface area contributed by atoms with Gasteiger partial charge in [-0.1, -0.05) is 30.3 Å². The summed E-state index contributed by atoms with van der Waals surface area (Å²) in [5.41, 5.74) is 1.33. The average molecular weight is 346 g/mol. The first-order valence-corrected chi connectivity index (χ1v) is 7.89. The van der Waals surface area contributed by atoms with E-state index in [2.05, 4.69) is 10.3 Å². The van der Waals surface area contributed by atoms with Crippen molar-refractivity contribution >= 4 is 6.09 Å². The Morgan fingerprint density at radius 2 is 2.00 bits per heavy atom. The summed E-state index contributed by atoms with van der Waals surface area (Å²) in [7, 11) is 1.49. The maximum Gasteiger partial charge on any atom is 0.407 e. The molecule has 0 saturated carbocycles. The fourth-order valence-electron chi connectivity index (χ4n) is 2.19. The van der Waals surface area contributed by atoms with E-state index in [9.17, 15) is 15.0 Å². The van der Waals surface area contributed by atoms with Crippen LogP contribution in [0.3, 0.4) is 0 Å². The summed E-state index contributed by atoms with van der Waals surface area (Å²) in [6, 6.07) is 10.9. The fourth-order valence-corrected chi connectivity index (χ4v) is 2.19. The topological polar surface area (TPSA) is 101 Å². The van der Waals surface area contributed by atoms with Gasteiger partial charge >= 0.3 is 6.09 Å². The van der Waals surface area contributed by atoms with E-state index >= 15 is 0 Å². The van der Waals surface area contributed by atoms with Crippen molar-refractivity contribution in [1.82, 2.24) is 10.3 Å². The molecule has 2 rings (SSSR count). The van der Waals surface area contributed by atoms with Crippen LogP contribution in [0.25, 0.3) is 0 Å². The Kier molecular flexibility index (Phi) is 7.18. The summed E-state index contributed by atoms with van der Waals surface area (Å²) in [5, 5.41) is 22.7. The molecule has 0 radical (unpaired) electrons. The van der Waals surface area contributed by atoms with Crippen molar-refractivity contribution in [3.8, 4) is 5.75 Å². The van der Waals surface area contributed by atoms with Gasteiger partial charge in [-0.15, -0.1) is 0 Å². The number of aliphatic hydroxyl groups excluding tert-OH is 2. The standard InChI is InChI=1S/C18H22N2O5/c1-24-15-9-14(10-19-11-15)17(22)16(21)7-8-20-18(23)25-12-13-5-3-2-4-6-13/h2-6,9-11,16-17,21-22H,7-8,12H2,1H3,(H,20,23). The molecule has 0 aliphatic heterocycles. The van der Waals surface area contributed by atoms with Crippen molar-refractivity contribution in [3.63, 3.8) is 0 Å². The number of alkyl carbamates (subject to hydrolysis) is 1. The van der Waals surface area contributed by atoms with Crippen molar-refractivity contribution in [2.75, 3.05) is 13.7 Å². The summed E-state index contributed by atoms with van der Waals surface area (Å²) < 4.78 is 10.1. The normalized spacial score (nSPS) is 12.9. The zero-order chi connectivity index (χ0) is 18.1. The van der Waals surface area contributed by atoms with Crippen LogP contribution in [0.1, 0.15) is 23.7 Å². The number of nitrogens with zero attached hydrogens (tertiary/aromatic N) is 1. The Balaban J connectivity index is 1.71. The van der Waals surface area contributed by atoms with Crippen LogP contribution in [0.4, 0.5) is 4.79 Å². The zero-order valence-electron chi connectivity index (χ0n) is 14.0. The van der Waals surface area contributed by atoms with Crippen molar-refractivity contribution in [3.05, 3.63) is 59.9 Å². The highest BCUT2D eigenvalue weighted by molar-refractivity contribution is 5.67. The molecule has 0 aliphatic rings. The average Bonchev–Trinajstić information content (AvgIpc) is 2.66. The smallest absolute Gasteiger partial charge is 0.407 e. The molecule has 134 valence electrons. The highest BCUT2D eigenvalue weighted by atomic mass is 16.5. The van der Waals surface area contributed by atoms with Crippen LogP contribution >= 0.6 is 0 Å². The highest BCUT2D eigenvalue weighted by Gasteiger charge is 2.19. The minimum absolute atomic E-state index is 0.165. The first-order valence-electron chi connectivity index (χ1n) is 7.89. The molecule has 2 atom stereocenters. The van der Waals surface area contributed by atoms with Crippen LogP contribution in [0.5, 0.6) is 5.75 Å². The number of hydrogen-bond acceptors (Lipinski definition) is 6. The van der Waals surface area contributed by atoms with E-state index < -0.39 is 18.3 Å². The molecule has 25 heavy (non-hydrogen) atoms. The van der Waals surface area contributed by atoms with Gasteiger partial charge in [0.05, 0.1) is 19.4 Å². The molecule has 1 amide bonds. The van der Waals surface area contributed by atoms with Crippen LogP contribution in [0.15, 0.2) is 48.8 Å². The lowest BCUT2D eigenvalue weighted by Crippen LogP contribution is -2.29. The summed E-state index contributed by atoms with van der Waals surface area (Å²) in [5.74, 6) is 0.492. The first kappa shape index (κ1) is 18.7. The minimum Gasteiger partial charge on any atom is -0.495 e. The Morgan fingerprint density at radius 3 is 2.72 bits per heavy atom. The number of benzene rings is 1. The van der Waals surface area contributed by atoms with Gasteiger partial charge < -0.3 is 25.0 Å². The molecule has 3 N–H and O–H groups in total. The number of methoxy groups -OCH3 is 1. The summed E-state index contributed by atoms with van der Waals surface area (Å²) in [6.07, 6.45) is 0.380. The van der Waals surface area contributed by atoms with Crippen LogP contribution < -0.4 is 10.1 Å². The number of carbonyl (C=O) groups is 1. The van der Waals surface area contributed by atoms with Crippen molar-refractivity contribution < 1.29 is 24.5 Å². The summed E-state index contributed by atoms with van der Waals surface area (Å²) >= 11 is 0. The molecule has 0 spiro atoms. The summed E-state index contributed by atoms with van der Waals surface area (Å²) in [6.45, 7) is 0.344. The van der Waals surface area contributed by atoms with E-state index in [4.69, 9.17) is 9.47 Å². The van der Waals surface area contributed by atoms with Crippen molar-refractivity contribution in [1.29, 1.82) is 0 Å². The minimum atomic E-state index is -1.12. The predicted molar refractivity (Wildman–Crippen MR) is 91.0 cm³/mol. The van der Waals surface area contributed by atoms with Crippen LogP contribution in [-0.2, 0) is 11.3 Å². The van der Waals surface area contributed by atoms with Gasteiger partial charge in [0.25, 0.3) is 0 Å². The van der Waals surface area contributed by atoms with E-state index in [1.165, 1.54) is 19.5 Å². The second-order valence-corrected chi connectivity index (χ2v) is 5.45. The molecule has 1 aromatic carbocycles. The first-order chi connectivity index (χ1) is 12.1. The van der Waals surface area contributed by atoms with Crippen molar-refractivity contribution in [2.24, 2.45) is 0 Å². The maximum atomic E-state index is 11.6. The number of aliphatic hydroxyl groups is 2. The van der Waals surface area contributed by atoms with Gasteiger partial charge in [0.2, 0.25) is 0 Å². The van der Waals surface area contributed by atoms with E-state index in [0.717, 1.165) is 5.56 Å². The number of hydrogen-bond donors (Lipinski definition) is 3. The molecule has 7 nitrogen and oxygen atoms in total. The SMILES string of the molecule is COc1cncc(C(O)C(O)CCNC(=O)OCc2ccccc2)c1. The van der Waals surface area contributed by atoms with Gasteiger partial charge in [-0.25, -0.2) is 4.79 Å². The van der Waals surface area contributed by atoms with Crippen LogP contribution in [0.2, 0.25) is 0 Å². The molecular formula is C18H22N2O5. The third-order valence-electron chi connectivity index (χ3n) is 3.60. The Bertz CT molecular complexity index is 666. The number of rotatable bonds is 8. The monoisotopic (exact) mass is 346 g/mol. The lowest BCUT2D eigenvalue weighted by Gasteiger charge is -2.18. The fraction of sp³-hybridized carbons (Fsp3) is 0.333. The third kappa shape index (κ3) is 6.06. The maximum absolute atomic E-state index is 11.6. The van der Waals surface area contributed by atoms with Gasteiger partial charge in [0.1, 0.15) is 18.5 Å². The molecule has 0 aliphatic carbocycles. The van der Waals surface area contributed by atoms with E-state index in [-0.39, 0.29) is 19.6 Å². The second-order valence-electron chi connectivity index (χ2n) is 5.45. The Morgan fingerprint density at radius 1 is 1.24 bits per heavy atom. The number of nitrogens with one attached hydrogen (secondary N) is 1. The molecule has 0 fully saturated rings. The number of amides is 1. The predicted octanol–water partition coefficient (Wildman–Crippen LogP) is 1.80. The van der Waals surface area contributed by atoms with E-state index in [1.54, 1.807) is 6.07 Å². The lowest BCUT2D eigenvalue weighted by atomic mass is 10.0. The molecule has 1 heterocycles. The molecule has 2 aromatic rings. The van der Waals surface area contributed by atoms with Crippen molar-refractivity contribution in [2.45, 2.75) is 25.2 Å². The van der Waals surface area contributed by atoms with Gasteiger partial charge in [-0.05, 0) is 18.1 Å². The number of ether oxygens (including phenoxy) is 2. The Hall–Kier alpha value is -2.64. The zero-order valence-corrected chi connectivity index (χ0v) is 14.0. The molecule has 1 aromatic heterocycles. The van der Waals surface area contributed by atoms with E-state index in [1.807, 2.05) is 30.3 Å². The number of aromatic nitrogens is 1. The molecular weight excluding hydrogens is 324 g/mol.